The lowest BCUT2D eigenvalue weighted by molar-refractivity contribution is -0.137. The number of hydrogen-bond donors (Lipinski definition) is 1. The number of piperidine rings is 1. The van der Waals surface area contributed by atoms with Gasteiger partial charge in [0.05, 0.1) is 17.2 Å². The monoisotopic (exact) mass is 547 g/mol. The highest BCUT2D eigenvalue weighted by molar-refractivity contribution is 7.89. The van der Waals surface area contributed by atoms with Gasteiger partial charge in [0.15, 0.2) is 10.7 Å². The average molecular weight is 548 g/mol. The summed E-state index contributed by atoms with van der Waals surface area (Å²) in [7, 11) is -4.11. The molecule has 0 radical (unpaired) electrons. The van der Waals surface area contributed by atoms with E-state index >= 15 is 0 Å². The predicted molar refractivity (Wildman–Crippen MR) is 138 cm³/mol. The molecule has 1 atom stereocenters. The Bertz CT molecular complexity index is 1480. The zero-order valence-corrected chi connectivity index (χ0v) is 22.0. The van der Waals surface area contributed by atoms with Crippen LogP contribution in [0.5, 0.6) is 0 Å². The molecule has 7 nitrogen and oxygen atoms in total. The second-order valence-electron chi connectivity index (χ2n) is 9.39. The van der Waals surface area contributed by atoms with E-state index in [-0.39, 0.29) is 35.1 Å². The van der Waals surface area contributed by atoms with Crippen LogP contribution in [0.15, 0.2) is 51.9 Å². The van der Waals surface area contributed by atoms with Crippen molar-refractivity contribution in [3.63, 3.8) is 0 Å². The van der Waals surface area contributed by atoms with E-state index in [0.29, 0.717) is 12.8 Å². The fourth-order valence-corrected chi connectivity index (χ4v) is 6.26. The molecule has 202 valence electrons. The van der Waals surface area contributed by atoms with Crippen molar-refractivity contribution in [3.05, 3.63) is 76.2 Å². The Balaban J connectivity index is 1.56. The maximum absolute atomic E-state index is 13.6. The number of aryl methyl sites for hydroxylation is 3. The van der Waals surface area contributed by atoms with E-state index in [1.165, 1.54) is 29.4 Å². The summed E-state index contributed by atoms with van der Waals surface area (Å²) >= 11 is 0. The Labute approximate surface area is 219 Å². The number of rotatable bonds is 6. The van der Waals surface area contributed by atoms with Crippen molar-refractivity contribution >= 4 is 33.8 Å². The highest BCUT2D eigenvalue weighted by atomic mass is 32.2. The van der Waals surface area contributed by atoms with E-state index in [4.69, 9.17) is 4.52 Å². The van der Waals surface area contributed by atoms with Crippen molar-refractivity contribution < 1.29 is 30.9 Å². The van der Waals surface area contributed by atoms with Crippen LogP contribution in [-0.4, -0.2) is 36.9 Å². The summed E-state index contributed by atoms with van der Waals surface area (Å²) in [5.74, 6) is -1.43. The quantitative estimate of drug-likeness (QED) is 0.419. The van der Waals surface area contributed by atoms with Gasteiger partial charge >= 0.3 is 6.18 Å². The van der Waals surface area contributed by atoms with Gasteiger partial charge < -0.3 is 9.84 Å². The summed E-state index contributed by atoms with van der Waals surface area (Å²) in [6, 6.07) is 10.6. The fraction of sp³-hybridized carbons (Fsp3) is 0.333. The van der Waals surface area contributed by atoms with Crippen LogP contribution in [-0.2, 0) is 21.0 Å². The summed E-state index contributed by atoms with van der Waals surface area (Å²) < 4.78 is 73.8. The predicted octanol–water partition coefficient (Wildman–Crippen LogP) is 5.83. The average Bonchev–Trinajstić information content (AvgIpc) is 3.25. The molecule has 4 rings (SSSR count). The van der Waals surface area contributed by atoms with Crippen LogP contribution < -0.4 is 5.32 Å². The van der Waals surface area contributed by atoms with Crippen LogP contribution in [0.1, 0.15) is 46.5 Å². The number of nitrogens with one attached hydrogen (secondary N) is 1. The molecule has 1 fully saturated rings. The first-order valence-electron chi connectivity index (χ1n) is 12.1. The molecule has 1 N–H and O–H groups in total. The molecule has 1 amide bonds. The van der Waals surface area contributed by atoms with E-state index in [1.807, 2.05) is 32.0 Å². The molecule has 0 aliphatic carbocycles. The zero-order chi connectivity index (χ0) is 27.7. The first kappa shape index (κ1) is 27.6. The number of anilines is 1. The molecule has 0 spiro atoms. The number of hydrogen-bond acceptors (Lipinski definition) is 5. The van der Waals surface area contributed by atoms with E-state index in [1.54, 1.807) is 12.2 Å². The number of aromatic nitrogens is 1. The topological polar surface area (TPSA) is 92.5 Å². The van der Waals surface area contributed by atoms with Gasteiger partial charge in [-0.15, -0.1) is 0 Å². The molecule has 3 aromatic rings. The third kappa shape index (κ3) is 5.83. The minimum atomic E-state index is -4.64. The van der Waals surface area contributed by atoms with Crippen LogP contribution in [0.4, 0.5) is 18.9 Å². The van der Waals surface area contributed by atoms with E-state index in [0.717, 1.165) is 22.8 Å². The summed E-state index contributed by atoms with van der Waals surface area (Å²) in [5.41, 5.74) is 1.80. The number of benzene rings is 2. The lowest BCUT2D eigenvalue weighted by Crippen LogP contribution is -2.44. The molecule has 1 aromatic heterocycles. The smallest absolute Gasteiger partial charge is 0.355 e. The van der Waals surface area contributed by atoms with Crippen LogP contribution in [0.25, 0.3) is 12.2 Å². The lowest BCUT2D eigenvalue weighted by atomic mass is 9.98. The van der Waals surface area contributed by atoms with Crippen molar-refractivity contribution in [3.8, 4) is 0 Å². The Morgan fingerprint density at radius 2 is 1.87 bits per heavy atom. The third-order valence-corrected chi connectivity index (χ3v) is 8.55. The molecule has 0 saturated carbocycles. The molecule has 1 unspecified atom stereocenters. The summed E-state index contributed by atoms with van der Waals surface area (Å²) in [6.45, 7) is 5.40. The van der Waals surface area contributed by atoms with Crippen molar-refractivity contribution in [1.29, 1.82) is 0 Å². The number of nitrogens with zero attached hydrogens (tertiary/aromatic N) is 2. The van der Waals surface area contributed by atoms with Crippen molar-refractivity contribution in [2.24, 2.45) is 5.92 Å². The van der Waals surface area contributed by atoms with Crippen molar-refractivity contribution in [2.75, 3.05) is 18.4 Å². The molecular formula is C27H28F3N3O4S. The minimum absolute atomic E-state index is 0.0640. The molecule has 1 saturated heterocycles. The number of sulfonamides is 1. The number of carbonyl (C=O) groups excluding carboxylic acids is 1. The van der Waals surface area contributed by atoms with Gasteiger partial charge in [-0.3, -0.25) is 4.79 Å². The van der Waals surface area contributed by atoms with E-state index in [9.17, 15) is 26.4 Å². The van der Waals surface area contributed by atoms with Crippen LogP contribution in [0.2, 0.25) is 0 Å². The van der Waals surface area contributed by atoms with E-state index < -0.39 is 33.6 Å². The number of halogens is 3. The molecule has 0 bridgehead atoms. The first-order valence-corrected chi connectivity index (χ1v) is 13.5. The highest BCUT2D eigenvalue weighted by Gasteiger charge is 2.38. The number of alkyl halides is 3. The number of amides is 1. The van der Waals surface area contributed by atoms with Gasteiger partial charge in [0, 0.05) is 13.1 Å². The Morgan fingerprint density at radius 3 is 2.61 bits per heavy atom. The molecule has 2 heterocycles. The van der Waals surface area contributed by atoms with Gasteiger partial charge in [0.25, 0.3) is 0 Å². The Kier molecular flexibility index (Phi) is 7.80. The second-order valence-corrected chi connectivity index (χ2v) is 11.3. The van der Waals surface area contributed by atoms with Gasteiger partial charge in [-0.25, -0.2) is 8.42 Å². The molecule has 2 aromatic carbocycles. The van der Waals surface area contributed by atoms with Crippen LogP contribution >= 0.6 is 0 Å². The number of carbonyl (C=O) groups is 1. The van der Waals surface area contributed by atoms with Crippen molar-refractivity contribution in [2.45, 2.75) is 44.7 Å². The van der Waals surface area contributed by atoms with Gasteiger partial charge in [-0.05, 0) is 62.9 Å². The summed E-state index contributed by atoms with van der Waals surface area (Å²) in [6.07, 6.45) is -0.620. The van der Waals surface area contributed by atoms with Crippen LogP contribution in [0.3, 0.4) is 0 Å². The second kappa shape index (κ2) is 10.7. The largest absolute Gasteiger partial charge is 0.418 e. The normalized spacial score (nSPS) is 17.2. The Hall–Kier alpha value is -3.44. The van der Waals surface area contributed by atoms with Gasteiger partial charge in [-0.1, -0.05) is 47.1 Å². The SMILES string of the molecule is Cc1ccc(C)c(C=Cc2onc(C)c2S(=O)(=O)N2CCCC(C(=O)Nc3ccccc3C(F)(F)F)C2)c1. The first-order chi connectivity index (χ1) is 17.9. The maximum Gasteiger partial charge on any atom is 0.418 e. The van der Waals surface area contributed by atoms with E-state index in [2.05, 4.69) is 10.5 Å². The summed E-state index contributed by atoms with van der Waals surface area (Å²) in [5, 5.41) is 6.20. The van der Waals surface area contributed by atoms with Gasteiger partial charge in [0.2, 0.25) is 15.9 Å². The zero-order valence-electron chi connectivity index (χ0n) is 21.2. The summed E-state index contributed by atoms with van der Waals surface area (Å²) in [4.78, 5) is 12.8. The molecule has 1 aliphatic rings. The standard InChI is InChI=1S/C27H28F3N3O4S/c1-17-10-11-18(2)20(15-17)12-13-24-25(19(3)32-37-24)38(35,36)33-14-6-7-21(16-33)26(34)31-23-9-5-4-8-22(23)27(28,29)30/h4-5,8-13,15,21H,6-7,14,16H2,1-3H3,(H,31,34). The maximum atomic E-state index is 13.6. The minimum Gasteiger partial charge on any atom is -0.355 e. The van der Waals surface area contributed by atoms with Gasteiger partial charge in [-0.2, -0.15) is 17.5 Å². The third-order valence-electron chi connectivity index (χ3n) is 6.53. The van der Waals surface area contributed by atoms with Crippen molar-refractivity contribution in [1.82, 2.24) is 9.46 Å². The lowest BCUT2D eigenvalue weighted by Gasteiger charge is -2.31. The molecule has 11 heteroatoms. The fourth-order valence-electron chi connectivity index (χ4n) is 4.48. The number of para-hydroxylation sites is 1. The van der Waals surface area contributed by atoms with Gasteiger partial charge in [0.1, 0.15) is 5.69 Å². The van der Waals surface area contributed by atoms with Crippen LogP contribution in [0, 0.1) is 26.7 Å². The highest BCUT2D eigenvalue weighted by Crippen LogP contribution is 2.35. The molecular weight excluding hydrogens is 519 g/mol. The Morgan fingerprint density at radius 1 is 1.13 bits per heavy atom. The molecule has 1 aliphatic heterocycles. The molecule has 38 heavy (non-hydrogen) atoms.